The lowest BCUT2D eigenvalue weighted by Gasteiger charge is -2.13. The molecule has 0 aliphatic carbocycles. The summed E-state index contributed by atoms with van der Waals surface area (Å²) in [6.45, 7) is 5.08. The Morgan fingerprint density at radius 1 is 1.37 bits per heavy atom. The van der Waals surface area contributed by atoms with E-state index in [0.717, 1.165) is 0 Å². The van der Waals surface area contributed by atoms with Crippen molar-refractivity contribution < 1.29 is 19.0 Å². The van der Waals surface area contributed by atoms with Crippen LogP contribution in [0.25, 0.3) is 0 Å². The molecule has 106 valence electrons. The van der Waals surface area contributed by atoms with Gasteiger partial charge in [0, 0.05) is 13.2 Å². The van der Waals surface area contributed by atoms with Gasteiger partial charge in [-0.05, 0) is 30.4 Å². The Labute approximate surface area is 113 Å². The maximum Gasteiger partial charge on any atom is 0.306 e. The van der Waals surface area contributed by atoms with Crippen molar-refractivity contribution in [2.24, 2.45) is 11.8 Å². The number of hydrogen-bond acceptors (Lipinski definition) is 2. The standard InChI is InChI=1S/C15H21FO3/c1-11(2)10-19-8-7-13(15(17)18)9-12-5-3-4-6-14(12)16/h3-6,11,13H,7-10H2,1-2H3,(H,17,18). The fourth-order valence-electron chi connectivity index (χ4n) is 1.79. The summed E-state index contributed by atoms with van der Waals surface area (Å²) in [5, 5.41) is 9.16. The van der Waals surface area contributed by atoms with E-state index in [-0.39, 0.29) is 12.2 Å². The molecule has 1 aromatic rings. The zero-order valence-electron chi connectivity index (χ0n) is 11.4. The molecule has 4 heteroatoms. The maximum absolute atomic E-state index is 13.5. The summed E-state index contributed by atoms with van der Waals surface area (Å²) in [7, 11) is 0. The van der Waals surface area contributed by atoms with Crippen LogP contribution in [0.2, 0.25) is 0 Å². The van der Waals surface area contributed by atoms with Crippen molar-refractivity contribution in [3.05, 3.63) is 35.6 Å². The molecule has 0 bridgehead atoms. The average Bonchev–Trinajstić information content (AvgIpc) is 2.34. The highest BCUT2D eigenvalue weighted by Crippen LogP contribution is 2.16. The fraction of sp³-hybridized carbons (Fsp3) is 0.533. The predicted octanol–water partition coefficient (Wildman–Crippen LogP) is 3.13. The van der Waals surface area contributed by atoms with Gasteiger partial charge in [-0.2, -0.15) is 0 Å². The van der Waals surface area contributed by atoms with E-state index >= 15 is 0 Å². The number of benzene rings is 1. The van der Waals surface area contributed by atoms with Crippen LogP contribution >= 0.6 is 0 Å². The van der Waals surface area contributed by atoms with Crippen LogP contribution in [0.3, 0.4) is 0 Å². The topological polar surface area (TPSA) is 46.5 Å². The van der Waals surface area contributed by atoms with E-state index in [9.17, 15) is 9.18 Å². The minimum absolute atomic E-state index is 0.201. The summed E-state index contributed by atoms with van der Waals surface area (Å²) in [5.41, 5.74) is 0.443. The molecule has 0 spiro atoms. The zero-order chi connectivity index (χ0) is 14.3. The molecular weight excluding hydrogens is 247 g/mol. The normalized spacial score (nSPS) is 12.6. The van der Waals surface area contributed by atoms with E-state index in [0.29, 0.717) is 31.1 Å². The first-order chi connectivity index (χ1) is 9.00. The molecule has 0 radical (unpaired) electrons. The molecule has 1 aromatic carbocycles. The summed E-state index contributed by atoms with van der Waals surface area (Å²) >= 11 is 0. The number of carboxylic acids is 1. The van der Waals surface area contributed by atoms with E-state index in [1.165, 1.54) is 6.07 Å². The molecule has 0 aromatic heterocycles. The maximum atomic E-state index is 13.5. The third-order valence-corrected chi connectivity index (χ3v) is 2.84. The molecule has 0 heterocycles. The van der Waals surface area contributed by atoms with Crippen molar-refractivity contribution >= 4 is 5.97 Å². The summed E-state index contributed by atoms with van der Waals surface area (Å²) in [6.07, 6.45) is 0.601. The van der Waals surface area contributed by atoms with Gasteiger partial charge in [0.25, 0.3) is 0 Å². The van der Waals surface area contributed by atoms with E-state index in [1.54, 1.807) is 18.2 Å². The van der Waals surface area contributed by atoms with Gasteiger partial charge in [0.05, 0.1) is 5.92 Å². The van der Waals surface area contributed by atoms with Gasteiger partial charge in [-0.15, -0.1) is 0 Å². The van der Waals surface area contributed by atoms with E-state index in [1.807, 2.05) is 13.8 Å². The van der Waals surface area contributed by atoms with Crippen molar-refractivity contribution in [3.8, 4) is 0 Å². The smallest absolute Gasteiger partial charge is 0.306 e. The van der Waals surface area contributed by atoms with Gasteiger partial charge < -0.3 is 9.84 Å². The Kier molecular flexibility index (Phi) is 6.50. The Morgan fingerprint density at radius 3 is 2.63 bits per heavy atom. The van der Waals surface area contributed by atoms with Gasteiger partial charge >= 0.3 is 5.97 Å². The first kappa shape index (κ1) is 15.6. The van der Waals surface area contributed by atoms with Crippen LogP contribution in [-0.2, 0) is 16.0 Å². The molecule has 0 aliphatic rings. The number of ether oxygens (including phenoxy) is 1. The Morgan fingerprint density at radius 2 is 2.05 bits per heavy atom. The Balaban J connectivity index is 2.49. The largest absolute Gasteiger partial charge is 0.481 e. The first-order valence-electron chi connectivity index (χ1n) is 6.54. The highest BCUT2D eigenvalue weighted by atomic mass is 19.1. The Bertz CT molecular complexity index is 404. The lowest BCUT2D eigenvalue weighted by atomic mass is 9.96. The van der Waals surface area contributed by atoms with Crippen molar-refractivity contribution in [2.75, 3.05) is 13.2 Å². The molecule has 19 heavy (non-hydrogen) atoms. The van der Waals surface area contributed by atoms with Crippen LogP contribution < -0.4 is 0 Å². The molecule has 1 rings (SSSR count). The van der Waals surface area contributed by atoms with Gasteiger partial charge in [-0.25, -0.2) is 4.39 Å². The van der Waals surface area contributed by atoms with Gasteiger partial charge in [0.2, 0.25) is 0 Å². The zero-order valence-corrected chi connectivity index (χ0v) is 11.4. The molecular formula is C15H21FO3. The summed E-state index contributed by atoms with van der Waals surface area (Å²) in [6, 6.07) is 6.29. The SMILES string of the molecule is CC(C)COCCC(Cc1ccccc1F)C(=O)O. The van der Waals surface area contributed by atoms with Gasteiger partial charge in [-0.3, -0.25) is 4.79 Å². The van der Waals surface area contributed by atoms with E-state index in [4.69, 9.17) is 9.84 Å². The fourth-order valence-corrected chi connectivity index (χ4v) is 1.79. The average molecular weight is 268 g/mol. The van der Waals surface area contributed by atoms with Gasteiger partial charge in [0.15, 0.2) is 0 Å². The molecule has 0 amide bonds. The summed E-state index contributed by atoms with van der Waals surface area (Å²) in [5.74, 6) is -1.44. The van der Waals surface area contributed by atoms with Crippen molar-refractivity contribution in [2.45, 2.75) is 26.7 Å². The van der Waals surface area contributed by atoms with Crippen molar-refractivity contribution in [1.29, 1.82) is 0 Å². The highest BCUT2D eigenvalue weighted by molar-refractivity contribution is 5.70. The van der Waals surface area contributed by atoms with Gasteiger partial charge in [0.1, 0.15) is 5.82 Å². The predicted molar refractivity (Wildman–Crippen MR) is 71.5 cm³/mol. The van der Waals surface area contributed by atoms with Crippen LogP contribution in [0.4, 0.5) is 4.39 Å². The van der Waals surface area contributed by atoms with Crippen LogP contribution in [0.15, 0.2) is 24.3 Å². The number of carboxylic acid groups (broad SMARTS) is 1. The highest BCUT2D eigenvalue weighted by Gasteiger charge is 2.19. The second kappa shape index (κ2) is 7.89. The molecule has 0 fully saturated rings. The van der Waals surface area contributed by atoms with Crippen molar-refractivity contribution in [1.82, 2.24) is 0 Å². The number of halogens is 1. The number of rotatable bonds is 8. The van der Waals surface area contributed by atoms with Crippen molar-refractivity contribution in [3.63, 3.8) is 0 Å². The number of aliphatic carboxylic acids is 1. The summed E-state index contributed by atoms with van der Waals surface area (Å²) < 4.78 is 18.9. The van der Waals surface area contributed by atoms with Crippen LogP contribution in [-0.4, -0.2) is 24.3 Å². The second-order valence-corrected chi connectivity index (χ2v) is 5.09. The van der Waals surface area contributed by atoms with Crippen LogP contribution in [0, 0.1) is 17.7 Å². The first-order valence-corrected chi connectivity index (χ1v) is 6.54. The molecule has 1 N–H and O–H groups in total. The Hall–Kier alpha value is -1.42. The van der Waals surface area contributed by atoms with E-state index < -0.39 is 11.9 Å². The monoisotopic (exact) mass is 268 g/mol. The van der Waals surface area contributed by atoms with E-state index in [2.05, 4.69) is 0 Å². The third kappa shape index (κ3) is 5.83. The molecule has 1 unspecified atom stereocenters. The second-order valence-electron chi connectivity index (χ2n) is 5.09. The quantitative estimate of drug-likeness (QED) is 0.737. The number of hydrogen-bond donors (Lipinski definition) is 1. The van der Waals surface area contributed by atoms with Crippen LogP contribution in [0.5, 0.6) is 0 Å². The lowest BCUT2D eigenvalue weighted by molar-refractivity contribution is -0.142. The molecule has 0 saturated heterocycles. The van der Waals surface area contributed by atoms with Gasteiger partial charge in [-0.1, -0.05) is 32.0 Å². The molecule has 0 saturated carbocycles. The molecule has 3 nitrogen and oxygen atoms in total. The number of carbonyl (C=O) groups is 1. The molecule has 1 atom stereocenters. The molecule has 0 aliphatic heterocycles. The lowest BCUT2D eigenvalue weighted by Crippen LogP contribution is -2.19. The van der Waals surface area contributed by atoms with Crippen LogP contribution in [0.1, 0.15) is 25.8 Å². The minimum atomic E-state index is -0.906. The minimum Gasteiger partial charge on any atom is -0.481 e. The summed E-state index contributed by atoms with van der Waals surface area (Å²) in [4.78, 5) is 11.2. The third-order valence-electron chi connectivity index (χ3n) is 2.84.